The Bertz CT molecular complexity index is 408. The van der Waals surface area contributed by atoms with Crippen molar-refractivity contribution in [3.63, 3.8) is 0 Å². The second kappa shape index (κ2) is 5.82. The van der Waals surface area contributed by atoms with Gasteiger partial charge in [-0.15, -0.1) is 0 Å². The summed E-state index contributed by atoms with van der Waals surface area (Å²) in [4.78, 5) is 12.0. The molecule has 17 heavy (non-hydrogen) atoms. The van der Waals surface area contributed by atoms with Crippen LogP contribution in [0.15, 0.2) is 24.3 Å². The SMILES string of the molecule is COC1CCC(NC(=O)c2cccc(I)c2)C1. The van der Waals surface area contributed by atoms with Gasteiger partial charge in [0.05, 0.1) is 6.10 Å². The number of hydrogen-bond acceptors (Lipinski definition) is 2. The lowest BCUT2D eigenvalue weighted by Crippen LogP contribution is -2.33. The van der Waals surface area contributed by atoms with E-state index in [-0.39, 0.29) is 11.9 Å². The van der Waals surface area contributed by atoms with Crippen molar-refractivity contribution in [3.8, 4) is 0 Å². The summed E-state index contributed by atoms with van der Waals surface area (Å²) in [6.45, 7) is 0. The molecule has 1 aromatic rings. The van der Waals surface area contributed by atoms with Gasteiger partial charge in [-0.1, -0.05) is 6.07 Å². The van der Waals surface area contributed by atoms with Gasteiger partial charge in [0.15, 0.2) is 0 Å². The van der Waals surface area contributed by atoms with Gasteiger partial charge in [-0.3, -0.25) is 4.79 Å². The van der Waals surface area contributed by atoms with Crippen molar-refractivity contribution in [2.75, 3.05) is 7.11 Å². The zero-order valence-electron chi connectivity index (χ0n) is 9.78. The van der Waals surface area contributed by atoms with E-state index in [0.717, 1.165) is 28.4 Å². The van der Waals surface area contributed by atoms with Gasteiger partial charge in [0.25, 0.3) is 5.91 Å². The molecule has 0 radical (unpaired) electrons. The molecule has 1 fully saturated rings. The summed E-state index contributed by atoms with van der Waals surface area (Å²) in [5.74, 6) is 0.0188. The summed E-state index contributed by atoms with van der Waals surface area (Å²) in [5.41, 5.74) is 0.734. The predicted octanol–water partition coefficient (Wildman–Crippen LogP) is 2.59. The molecule has 1 N–H and O–H groups in total. The van der Waals surface area contributed by atoms with Crippen molar-refractivity contribution in [2.45, 2.75) is 31.4 Å². The average molecular weight is 345 g/mol. The van der Waals surface area contributed by atoms with E-state index in [0.29, 0.717) is 6.10 Å². The number of carbonyl (C=O) groups is 1. The highest BCUT2D eigenvalue weighted by molar-refractivity contribution is 14.1. The summed E-state index contributed by atoms with van der Waals surface area (Å²) in [7, 11) is 1.73. The van der Waals surface area contributed by atoms with E-state index >= 15 is 0 Å². The van der Waals surface area contributed by atoms with E-state index in [2.05, 4.69) is 27.9 Å². The van der Waals surface area contributed by atoms with Gasteiger partial charge in [-0.25, -0.2) is 0 Å². The van der Waals surface area contributed by atoms with Crippen LogP contribution in [0.3, 0.4) is 0 Å². The molecule has 2 atom stereocenters. The lowest BCUT2D eigenvalue weighted by Gasteiger charge is -2.13. The topological polar surface area (TPSA) is 38.3 Å². The minimum Gasteiger partial charge on any atom is -0.381 e. The fourth-order valence-corrected chi connectivity index (χ4v) is 2.73. The second-order valence-corrected chi connectivity index (χ2v) is 5.60. The van der Waals surface area contributed by atoms with Gasteiger partial charge >= 0.3 is 0 Å². The Morgan fingerprint density at radius 2 is 2.29 bits per heavy atom. The van der Waals surface area contributed by atoms with Crippen LogP contribution in [0.25, 0.3) is 0 Å². The quantitative estimate of drug-likeness (QED) is 0.856. The summed E-state index contributed by atoms with van der Waals surface area (Å²) >= 11 is 2.21. The van der Waals surface area contributed by atoms with Crippen LogP contribution in [0.1, 0.15) is 29.6 Å². The van der Waals surface area contributed by atoms with Gasteiger partial charge in [-0.05, 0) is 60.1 Å². The van der Waals surface area contributed by atoms with Crippen LogP contribution in [0, 0.1) is 3.57 Å². The first-order valence-corrected chi connectivity index (χ1v) is 6.86. The number of ether oxygens (including phenoxy) is 1. The number of rotatable bonds is 3. The minimum atomic E-state index is 0.0188. The van der Waals surface area contributed by atoms with Crippen LogP contribution < -0.4 is 5.32 Å². The molecule has 1 aliphatic carbocycles. The highest BCUT2D eigenvalue weighted by atomic mass is 127. The molecule has 92 valence electrons. The van der Waals surface area contributed by atoms with Crippen molar-refractivity contribution in [3.05, 3.63) is 33.4 Å². The van der Waals surface area contributed by atoms with Crippen molar-refractivity contribution in [1.82, 2.24) is 5.32 Å². The van der Waals surface area contributed by atoms with Crippen molar-refractivity contribution < 1.29 is 9.53 Å². The summed E-state index contributed by atoms with van der Waals surface area (Å²) in [6.07, 6.45) is 3.27. The summed E-state index contributed by atoms with van der Waals surface area (Å²) < 4.78 is 6.38. The molecule has 0 heterocycles. The second-order valence-electron chi connectivity index (χ2n) is 4.35. The first-order chi connectivity index (χ1) is 8.19. The van der Waals surface area contributed by atoms with Gasteiger partial charge in [0.1, 0.15) is 0 Å². The van der Waals surface area contributed by atoms with Crippen LogP contribution in [0.5, 0.6) is 0 Å². The lowest BCUT2D eigenvalue weighted by atomic mass is 10.2. The zero-order valence-corrected chi connectivity index (χ0v) is 11.9. The Kier molecular flexibility index (Phi) is 4.39. The Balaban J connectivity index is 1.94. The maximum atomic E-state index is 12.0. The molecule has 1 aromatic carbocycles. The van der Waals surface area contributed by atoms with Gasteiger partial charge in [-0.2, -0.15) is 0 Å². The molecule has 0 aromatic heterocycles. The summed E-state index contributed by atoms with van der Waals surface area (Å²) in [5, 5.41) is 3.06. The maximum Gasteiger partial charge on any atom is 0.251 e. The van der Waals surface area contributed by atoms with E-state index in [4.69, 9.17) is 4.74 Å². The van der Waals surface area contributed by atoms with E-state index < -0.39 is 0 Å². The number of benzene rings is 1. The molecule has 1 aliphatic rings. The summed E-state index contributed by atoms with van der Waals surface area (Å²) in [6, 6.07) is 7.89. The van der Waals surface area contributed by atoms with Crippen molar-refractivity contribution >= 4 is 28.5 Å². The molecule has 0 aliphatic heterocycles. The first-order valence-electron chi connectivity index (χ1n) is 5.78. The molecular formula is C13H16INO2. The van der Waals surface area contributed by atoms with Crippen LogP contribution in [-0.4, -0.2) is 25.2 Å². The minimum absolute atomic E-state index is 0.0188. The molecule has 0 saturated heterocycles. The normalized spacial score (nSPS) is 23.6. The first kappa shape index (κ1) is 12.8. The lowest BCUT2D eigenvalue weighted by molar-refractivity contribution is 0.0915. The van der Waals surface area contributed by atoms with Gasteiger partial charge in [0, 0.05) is 22.3 Å². The monoisotopic (exact) mass is 345 g/mol. The Labute approximate surface area is 115 Å². The van der Waals surface area contributed by atoms with E-state index in [9.17, 15) is 4.79 Å². The van der Waals surface area contributed by atoms with E-state index in [1.54, 1.807) is 7.11 Å². The van der Waals surface area contributed by atoms with Crippen molar-refractivity contribution in [2.24, 2.45) is 0 Å². The highest BCUT2D eigenvalue weighted by Crippen LogP contribution is 2.21. The molecule has 0 spiro atoms. The molecule has 2 rings (SSSR count). The number of halogens is 1. The van der Waals surface area contributed by atoms with Gasteiger partial charge in [0.2, 0.25) is 0 Å². The fourth-order valence-electron chi connectivity index (χ4n) is 2.18. The highest BCUT2D eigenvalue weighted by Gasteiger charge is 2.25. The average Bonchev–Trinajstić information content (AvgIpc) is 2.77. The standard InChI is InChI=1S/C13H16INO2/c1-17-12-6-5-11(8-12)15-13(16)9-3-2-4-10(14)7-9/h2-4,7,11-12H,5-6,8H2,1H3,(H,15,16). The number of carbonyl (C=O) groups excluding carboxylic acids is 1. The number of methoxy groups -OCH3 is 1. The molecule has 2 unspecified atom stereocenters. The molecule has 0 bridgehead atoms. The smallest absolute Gasteiger partial charge is 0.251 e. The van der Waals surface area contributed by atoms with Gasteiger partial charge < -0.3 is 10.1 Å². The Morgan fingerprint density at radius 3 is 2.94 bits per heavy atom. The Hall–Kier alpha value is -0.620. The van der Waals surface area contributed by atoms with Crippen LogP contribution in [-0.2, 0) is 4.74 Å². The third-order valence-corrected chi connectivity index (χ3v) is 3.81. The maximum absolute atomic E-state index is 12.0. The largest absolute Gasteiger partial charge is 0.381 e. The van der Waals surface area contributed by atoms with E-state index in [1.807, 2.05) is 24.3 Å². The molecule has 1 amide bonds. The molecule has 3 nitrogen and oxygen atoms in total. The number of hydrogen-bond donors (Lipinski definition) is 1. The van der Waals surface area contributed by atoms with Crippen LogP contribution in [0.2, 0.25) is 0 Å². The van der Waals surface area contributed by atoms with Crippen LogP contribution >= 0.6 is 22.6 Å². The molecular weight excluding hydrogens is 329 g/mol. The van der Waals surface area contributed by atoms with Crippen LogP contribution in [0.4, 0.5) is 0 Å². The Morgan fingerprint density at radius 1 is 1.47 bits per heavy atom. The van der Waals surface area contributed by atoms with E-state index in [1.165, 1.54) is 0 Å². The fraction of sp³-hybridized carbons (Fsp3) is 0.462. The number of nitrogens with one attached hydrogen (secondary N) is 1. The zero-order chi connectivity index (χ0) is 12.3. The molecule has 4 heteroatoms. The third kappa shape index (κ3) is 3.42. The number of amides is 1. The predicted molar refractivity (Wildman–Crippen MR) is 75.1 cm³/mol. The molecule has 1 saturated carbocycles. The van der Waals surface area contributed by atoms with Crippen molar-refractivity contribution in [1.29, 1.82) is 0 Å². The third-order valence-electron chi connectivity index (χ3n) is 3.14.